The van der Waals surface area contributed by atoms with Crippen LogP contribution in [-0.4, -0.2) is 36.1 Å². The lowest BCUT2D eigenvalue weighted by atomic mass is 9.95. The van der Waals surface area contributed by atoms with Gasteiger partial charge in [0, 0.05) is 24.7 Å². The number of nitrogens with one attached hydrogen (secondary N) is 1. The zero-order valence-electron chi connectivity index (χ0n) is 11.0. The van der Waals surface area contributed by atoms with Gasteiger partial charge in [-0.05, 0) is 46.1 Å². The van der Waals surface area contributed by atoms with E-state index in [1.807, 2.05) is 0 Å². The molecule has 0 bridgehead atoms. The van der Waals surface area contributed by atoms with Crippen molar-refractivity contribution in [2.75, 3.05) is 13.1 Å². The summed E-state index contributed by atoms with van der Waals surface area (Å²) in [5, 5.41) is 3.78. The van der Waals surface area contributed by atoms with E-state index >= 15 is 0 Å². The van der Waals surface area contributed by atoms with Crippen LogP contribution in [0.25, 0.3) is 0 Å². The second-order valence-corrected chi connectivity index (χ2v) is 5.82. The fraction of sp³-hybridized carbons (Fsp3) is 1.00. The first kappa shape index (κ1) is 12.4. The van der Waals surface area contributed by atoms with Gasteiger partial charge in [-0.25, -0.2) is 0 Å². The van der Waals surface area contributed by atoms with Gasteiger partial charge in [-0.15, -0.1) is 0 Å². The van der Waals surface area contributed by atoms with Gasteiger partial charge in [-0.1, -0.05) is 19.3 Å². The highest BCUT2D eigenvalue weighted by atomic mass is 15.2. The molecule has 2 fully saturated rings. The van der Waals surface area contributed by atoms with Crippen molar-refractivity contribution in [3.05, 3.63) is 0 Å². The monoisotopic (exact) mass is 224 g/mol. The summed E-state index contributed by atoms with van der Waals surface area (Å²) in [6, 6.07) is 2.34. The normalized spacial score (nSPS) is 30.8. The van der Waals surface area contributed by atoms with Crippen LogP contribution in [0.3, 0.4) is 0 Å². The van der Waals surface area contributed by atoms with Gasteiger partial charge >= 0.3 is 0 Å². The van der Waals surface area contributed by atoms with Crippen molar-refractivity contribution >= 4 is 0 Å². The molecule has 2 nitrogen and oxygen atoms in total. The first-order valence-electron chi connectivity index (χ1n) is 7.26. The molecule has 16 heavy (non-hydrogen) atoms. The van der Waals surface area contributed by atoms with E-state index in [1.165, 1.54) is 58.0 Å². The van der Waals surface area contributed by atoms with E-state index in [2.05, 4.69) is 24.1 Å². The minimum atomic E-state index is 0.722. The van der Waals surface area contributed by atoms with Crippen LogP contribution in [-0.2, 0) is 0 Å². The van der Waals surface area contributed by atoms with Gasteiger partial charge in [0.05, 0.1) is 0 Å². The van der Waals surface area contributed by atoms with Crippen molar-refractivity contribution in [3.8, 4) is 0 Å². The lowest BCUT2D eigenvalue weighted by Crippen LogP contribution is -2.45. The first-order valence-corrected chi connectivity index (χ1v) is 7.26. The number of likely N-dealkylation sites (tertiary alicyclic amines) is 1. The molecule has 1 saturated heterocycles. The van der Waals surface area contributed by atoms with Gasteiger partial charge in [0.2, 0.25) is 0 Å². The van der Waals surface area contributed by atoms with Crippen molar-refractivity contribution in [3.63, 3.8) is 0 Å². The predicted octanol–water partition coefficient (Wildman–Crippen LogP) is 2.78. The van der Waals surface area contributed by atoms with E-state index in [-0.39, 0.29) is 0 Å². The van der Waals surface area contributed by atoms with Gasteiger partial charge in [0.15, 0.2) is 0 Å². The molecule has 94 valence electrons. The summed E-state index contributed by atoms with van der Waals surface area (Å²) in [6.45, 7) is 7.27. The number of rotatable bonds is 4. The summed E-state index contributed by atoms with van der Waals surface area (Å²) < 4.78 is 0. The van der Waals surface area contributed by atoms with Crippen molar-refractivity contribution in [1.82, 2.24) is 10.2 Å². The maximum atomic E-state index is 3.78. The molecule has 1 N–H and O–H groups in total. The number of hydrogen-bond acceptors (Lipinski definition) is 2. The molecular formula is C14H28N2. The Balaban J connectivity index is 1.68. The van der Waals surface area contributed by atoms with Crippen molar-refractivity contribution in [1.29, 1.82) is 0 Å². The van der Waals surface area contributed by atoms with E-state index in [0.29, 0.717) is 0 Å². The Morgan fingerprint density at radius 1 is 1.12 bits per heavy atom. The lowest BCUT2D eigenvalue weighted by Gasteiger charge is -2.31. The highest BCUT2D eigenvalue weighted by Gasteiger charge is 2.25. The molecule has 1 aliphatic carbocycles. The Hall–Kier alpha value is -0.0800. The van der Waals surface area contributed by atoms with Crippen LogP contribution >= 0.6 is 0 Å². The summed E-state index contributed by atoms with van der Waals surface area (Å²) in [6.07, 6.45) is 9.93. The van der Waals surface area contributed by atoms with Gasteiger partial charge < -0.3 is 5.32 Å². The van der Waals surface area contributed by atoms with Crippen LogP contribution in [0.15, 0.2) is 0 Å². The fourth-order valence-corrected chi connectivity index (χ4v) is 3.37. The highest BCUT2D eigenvalue weighted by Crippen LogP contribution is 2.20. The third-order valence-electron chi connectivity index (χ3n) is 4.48. The first-order chi connectivity index (χ1) is 7.77. The van der Waals surface area contributed by atoms with Crippen molar-refractivity contribution < 1.29 is 0 Å². The molecule has 0 radical (unpaired) electrons. The number of nitrogens with zero attached hydrogens (tertiary/aromatic N) is 1. The Labute approximate surface area is 101 Å². The van der Waals surface area contributed by atoms with Crippen LogP contribution in [0.5, 0.6) is 0 Å². The largest absolute Gasteiger partial charge is 0.312 e. The van der Waals surface area contributed by atoms with Crippen molar-refractivity contribution in [2.45, 2.75) is 76.9 Å². The van der Waals surface area contributed by atoms with Crippen LogP contribution in [0.2, 0.25) is 0 Å². The van der Waals surface area contributed by atoms with Crippen LogP contribution in [0.4, 0.5) is 0 Å². The number of hydrogen-bond donors (Lipinski definition) is 1. The fourth-order valence-electron chi connectivity index (χ4n) is 3.37. The Morgan fingerprint density at radius 3 is 2.50 bits per heavy atom. The molecule has 2 unspecified atom stereocenters. The molecule has 2 heteroatoms. The van der Waals surface area contributed by atoms with E-state index in [4.69, 9.17) is 0 Å². The highest BCUT2D eigenvalue weighted by molar-refractivity contribution is 4.82. The molecule has 0 aromatic heterocycles. The molecule has 0 aromatic rings. The second-order valence-electron chi connectivity index (χ2n) is 5.82. The second kappa shape index (κ2) is 6.02. The average Bonchev–Trinajstić information content (AvgIpc) is 2.74. The zero-order valence-corrected chi connectivity index (χ0v) is 11.0. The Bertz CT molecular complexity index is 199. The average molecular weight is 224 g/mol. The zero-order chi connectivity index (χ0) is 11.4. The third kappa shape index (κ3) is 3.21. The van der Waals surface area contributed by atoms with Crippen LogP contribution in [0, 0.1) is 0 Å². The van der Waals surface area contributed by atoms with E-state index in [0.717, 1.165) is 18.1 Å². The summed E-state index contributed by atoms with van der Waals surface area (Å²) in [5.74, 6) is 0. The standard InChI is InChI=1S/C14H28N2/c1-12-7-6-10-16(12)13(2)11-15-14-8-4-3-5-9-14/h12-15H,3-11H2,1-2H3. The van der Waals surface area contributed by atoms with Crippen molar-refractivity contribution in [2.24, 2.45) is 0 Å². The lowest BCUT2D eigenvalue weighted by molar-refractivity contribution is 0.190. The van der Waals surface area contributed by atoms with Crippen LogP contribution < -0.4 is 5.32 Å². The predicted molar refractivity (Wildman–Crippen MR) is 69.7 cm³/mol. The maximum Gasteiger partial charge on any atom is 0.0195 e. The topological polar surface area (TPSA) is 15.3 Å². The molecule has 2 atom stereocenters. The summed E-state index contributed by atoms with van der Waals surface area (Å²) in [5.41, 5.74) is 0. The van der Waals surface area contributed by atoms with Gasteiger partial charge in [0.25, 0.3) is 0 Å². The van der Waals surface area contributed by atoms with Gasteiger partial charge in [-0.2, -0.15) is 0 Å². The minimum Gasteiger partial charge on any atom is -0.312 e. The summed E-state index contributed by atoms with van der Waals surface area (Å²) in [7, 11) is 0. The van der Waals surface area contributed by atoms with E-state index < -0.39 is 0 Å². The van der Waals surface area contributed by atoms with E-state index in [1.54, 1.807) is 0 Å². The minimum absolute atomic E-state index is 0.722. The molecule has 0 aromatic carbocycles. The van der Waals surface area contributed by atoms with E-state index in [9.17, 15) is 0 Å². The molecule has 1 saturated carbocycles. The molecule has 0 amide bonds. The quantitative estimate of drug-likeness (QED) is 0.790. The Kier molecular flexibility index (Phi) is 4.66. The van der Waals surface area contributed by atoms with Crippen LogP contribution in [0.1, 0.15) is 58.8 Å². The molecule has 0 spiro atoms. The Morgan fingerprint density at radius 2 is 1.88 bits per heavy atom. The molecule has 1 heterocycles. The molecular weight excluding hydrogens is 196 g/mol. The maximum absolute atomic E-state index is 3.78. The third-order valence-corrected chi connectivity index (χ3v) is 4.48. The molecule has 2 aliphatic rings. The van der Waals surface area contributed by atoms with Gasteiger partial charge in [0.1, 0.15) is 0 Å². The molecule has 2 rings (SSSR count). The smallest absolute Gasteiger partial charge is 0.0195 e. The molecule has 1 aliphatic heterocycles. The summed E-state index contributed by atoms with van der Waals surface area (Å²) >= 11 is 0. The summed E-state index contributed by atoms with van der Waals surface area (Å²) in [4.78, 5) is 2.68. The SMILES string of the molecule is CC1CCCN1C(C)CNC1CCCCC1. The van der Waals surface area contributed by atoms with Gasteiger partial charge in [-0.3, -0.25) is 4.90 Å².